The number of carbonyl (C=O) groups excluding carboxylic acids is 2. The van der Waals surface area contributed by atoms with Crippen LogP contribution in [0.4, 0.5) is 4.79 Å². The van der Waals surface area contributed by atoms with E-state index in [0.717, 1.165) is 6.42 Å². The quantitative estimate of drug-likeness (QED) is 0.615. The van der Waals surface area contributed by atoms with E-state index >= 15 is 0 Å². The summed E-state index contributed by atoms with van der Waals surface area (Å²) in [5.74, 6) is 0.185. The number of hydrogen-bond acceptors (Lipinski definition) is 5. The van der Waals surface area contributed by atoms with Gasteiger partial charge < -0.3 is 15.2 Å². The molecule has 1 aromatic rings. The van der Waals surface area contributed by atoms with Crippen LogP contribution in [-0.2, 0) is 4.79 Å². The van der Waals surface area contributed by atoms with Crippen molar-refractivity contribution in [2.45, 2.75) is 26.4 Å². The molecule has 0 spiro atoms. The van der Waals surface area contributed by atoms with Gasteiger partial charge in [0.2, 0.25) is 0 Å². The van der Waals surface area contributed by atoms with E-state index in [1.54, 1.807) is 24.3 Å². The Bertz CT molecular complexity index is 662. The van der Waals surface area contributed by atoms with Gasteiger partial charge in [-0.25, -0.2) is 4.79 Å². The van der Waals surface area contributed by atoms with Crippen LogP contribution in [-0.4, -0.2) is 25.2 Å². The van der Waals surface area contributed by atoms with E-state index in [-0.39, 0.29) is 11.7 Å². The highest BCUT2D eigenvalue weighted by atomic mass is 16.5. The molecule has 7 heteroatoms. The molecule has 0 fully saturated rings. The maximum atomic E-state index is 11.6. The molecular formula is C16H19N3O4. The first-order valence-corrected chi connectivity index (χ1v) is 6.98. The molecule has 122 valence electrons. The summed E-state index contributed by atoms with van der Waals surface area (Å²) in [5, 5.41) is 10.9. The van der Waals surface area contributed by atoms with E-state index in [4.69, 9.17) is 20.5 Å². The second kappa shape index (κ2) is 8.44. The minimum atomic E-state index is -1.02. The van der Waals surface area contributed by atoms with Crippen LogP contribution in [0.1, 0.15) is 25.8 Å². The van der Waals surface area contributed by atoms with Gasteiger partial charge in [-0.15, -0.1) is 0 Å². The summed E-state index contributed by atoms with van der Waals surface area (Å²) < 4.78 is 11.0. The fourth-order valence-corrected chi connectivity index (χ4v) is 1.67. The number of nitrogens with zero attached hydrogens (tertiary/aromatic N) is 1. The van der Waals surface area contributed by atoms with Gasteiger partial charge in [-0.05, 0) is 37.1 Å². The number of carbonyl (C=O) groups is 2. The van der Waals surface area contributed by atoms with Gasteiger partial charge >= 0.3 is 6.03 Å². The zero-order chi connectivity index (χ0) is 17.4. The number of amides is 3. The van der Waals surface area contributed by atoms with Crippen molar-refractivity contribution in [3.63, 3.8) is 0 Å². The molecule has 0 aliphatic carbocycles. The summed E-state index contributed by atoms with van der Waals surface area (Å²) in [7, 11) is 1.50. The van der Waals surface area contributed by atoms with Gasteiger partial charge in [-0.3, -0.25) is 10.1 Å². The topological polar surface area (TPSA) is 114 Å². The van der Waals surface area contributed by atoms with E-state index in [0.29, 0.717) is 17.1 Å². The summed E-state index contributed by atoms with van der Waals surface area (Å²) in [6.07, 6.45) is 2.20. The summed E-state index contributed by atoms with van der Waals surface area (Å²) in [6.45, 7) is 3.94. The predicted molar refractivity (Wildman–Crippen MR) is 84.7 cm³/mol. The number of hydrogen-bond donors (Lipinski definition) is 2. The maximum Gasteiger partial charge on any atom is 0.319 e. The van der Waals surface area contributed by atoms with Gasteiger partial charge in [0.1, 0.15) is 11.6 Å². The van der Waals surface area contributed by atoms with Crippen LogP contribution < -0.4 is 20.5 Å². The van der Waals surface area contributed by atoms with Crippen molar-refractivity contribution in [3.8, 4) is 17.6 Å². The van der Waals surface area contributed by atoms with Crippen molar-refractivity contribution in [2.24, 2.45) is 5.73 Å². The average Bonchev–Trinajstić information content (AvgIpc) is 2.52. The van der Waals surface area contributed by atoms with Crippen LogP contribution in [0.25, 0.3) is 6.08 Å². The number of imide groups is 1. The SMILES string of the molecule is CC[C@@H](C)Oc1ccc(/C=C(/C#N)C(=O)NC(N)=O)cc1OC. The molecule has 1 rings (SSSR count). The Kier molecular flexibility index (Phi) is 6.62. The predicted octanol–water partition coefficient (Wildman–Crippen LogP) is 1.97. The highest BCUT2D eigenvalue weighted by Crippen LogP contribution is 2.30. The molecule has 3 amide bonds. The van der Waals surface area contributed by atoms with Crippen LogP contribution in [0.3, 0.4) is 0 Å². The molecule has 0 bridgehead atoms. The molecule has 7 nitrogen and oxygen atoms in total. The number of rotatable bonds is 6. The Morgan fingerprint density at radius 2 is 2.13 bits per heavy atom. The van der Waals surface area contributed by atoms with Crippen LogP contribution in [0.15, 0.2) is 23.8 Å². The van der Waals surface area contributed by atoms with Gasteiger partial charge in [0.25, 0.3) is 5.91 Å². The number of ether oxygens (including phenoxy) is 2. The lowest BCUT2D eigenvalue weighted by Gasteiger charge is -2.15. The minimum Gasteiger partial charge on any atom is -0.493 e. The lowest BCUT2D eigenvalue weighted by atomic mass is 10.1. The summed E-state index contributed by atoms with van der Waals surface area (Å²) >= 11 is 0. The Morgan fingerprint density at radius 1 is 1.43 bits per heavy atom. The first kappa shape index (κ1) is 18.0. The molecule has 0 heterocycles. The lowest BCUT2D eigenvalue weighted by molar-refractivity contribution is -0.115. The van der Waals surface area contributed by atoms with Crippen LogP contribution in [0.5, 0.6) is 11.5 Å². The monoisotopic (exact) mass is 317 g/mol. The maximum absolute atomic E-state index is 11.6. The van der Waals surface area contributed by atoms with Gasteiger partial charge in [0.05, 0.1) is 13.2 Å². The standard InChI is InChI=1S/C16H19N3O4/c1-4-10(2)23-13-6-5-11(8-14(13)22-3)7-12(9-17)15(20)19-16(18)21/h5-8,10H,4H2,1-3H3,(H3,18,19,20,21)/b12-7-/t10-/m1/s1. The molecule has 1 aromatic carbocycles. The second-order valence-corrected chi connectivity index (χ2v) is 4.74. The van der Waals surface area contributed by atoms with Gasteiger partial charge in [-0.1, -0.05) is 13.0 Å². The highest BCUT2D eigenvalue weighted by Gasteiger charge is 2.13. The Hall–Kier alpha value is -3.01. The third kappa shape index (κ3) is 5.36. The highest BCUT2D eigenvalue weighted by molar-refractivity contribution is 6.08. The first-order chi connectivity index (χ1) is 10.9. The molecule has 0 saturated carbocycles. The van der Waals surface area contributed by atoms with Crippen molar-refractivity contribution in [1.29, 1.82) is 5.26 Å². The van der Waals surface area contributed by atoms with E-state index in [1.807, 2.05) is 19.2 Å². The molecule has 3 N–H and O–H groups in total. The zero-order valence-electron chi connectivity index (χ0n) is 13.3. The molecule has 0 aliphatic rings. The molecule has 0 aliphatic heterocycles. The third-order valence-electron chi connectivity index (χ3n) is 3.00. The Morgan fingerprint density at radius 3 is 2.65 bits per heavy atom. The van der Waals surface area contributed by atoms with Gasteiger partial charge in [0.15, 0.2) is 11.5 Å². The number of urea groups is 1. The van der Waals surface area contributed by atoms with E-state index in [2.05, 4.69) is 0 Å². The number of methoxy groups -OCH3 is 1. The number of benzene rings is 1. The molecule has 0 aromatic heterocycles. The summed E-state index contributed by atoms with van der Waals surface area (Å²) in [6, 6.07) is 5.70. The van der Waals surface area contributed by atoms with Crippen molar-refractivity contribution >= 4 is 18.0 Å². The fourth-order valence-electron chi connectivity index (χ4n) is 1.67. The van der Waals surface area contributed by atoms with Gasteiger partial charge in [0, 0.05) is 0 Å². The van der Waals surface area contributed by atoms with Crippen LogP contribution in [0, 0.1) is 11.3 Å². The number of nitrogens with one attached hydrogen (secondary N) is 1. The molecule has 1 atom stereocenters. The Balaban J connectivity index is 3.09. The van der Waals surface area contributed by atoms with Crippen LogP contribution >= 0.6 is 0 Å². The molecule has 0 unspecified atom stereocenters. The van der Waals surface area contributed by atoms with Crippen molar-refractivity contribution in [1.82, 2.24) is 5.32 Å². The van der Waals surface area contributed by atoms with Crippen LogP contribution in [0.2, 0.25) is 0 Å². The van der Waals surface area contributed by atoms with E-state index in [1.165, 1.54) is 13.2 Å². The smallest absolute Gasteiger partial charge is 0.319 e. The third-order valence-corrected chi connectivity index (χ3v) is 3.00. The summed E-state index contributed by atoms with van der Waals surface area (Å²) in [4.78, 5) is 22.3. The largest absolute Gasteiger partial charge is 0.493 e. The van der Waals surface area contributed by atoms with Gasteiger partial charge in [-0.2, -0.15) is 5.26 Å². The normalized spacial score (nSPS) is 12.0. The average molecular weight is 317 g/mol. The van der Waals surface area contributed by atoms with Crippen molar-refractivity contribution in [3.05, 3.63) is 29.3 Å². The van der Waals surface area contributed by atoms with E-state index < -0.39 is 11.9 Å². The van der Waals surface area contributed by atoms with E-state index in [9.17, 15) is 9.59 Å². The van der Waals surface area contributed by atoms with Crippen molar-refractivity contribution < 1.29 is 19.1 Å². The zero-order valence-corrected chi connectivity index (χ0v) is 13.3. The number of nitriles is 1. The Labute approximate surface area is 134 Å². The molecule has 0 radical (unpaired) electrons. The summed E-state index contributed by atoms with van der Waals surface area (Å²) in [5.41, 5.74) is 5.16. The minimum absolute atomic E-state index is 0.0290. The molecule has 23 heavy (non-hydrogen) atoms. The molecular weight excluding hydrogens is 298 g/mol. The lowest BCUT2D eigenvalue weighted by Crippen LogP contribution is -2.35. The van der Waals surface area contributed by atoms with Crippen molar-refractivity contribution in [2.75, 3.05) is 7.11 Å². The number of primary amides is 1. The fraction of sp³-hybridized carbons (Fsp3) is 0.312. The second-order valence-electron chi connectivity index (χ2n) is 4.74. The number of nitrogens with two attached hydrogens (primary N) is 1. The first-order valence-electron chi connectivity index (χ1n) is 6.98. The molecule has 0 saturated heterocycles.